The van der Waals surface area contributed by atoms with E-state index < -0.39 is 0 Å². The summed E-state index contributed by atoms with van der Waals surface area (Å²) in [5.41, 5.74) is 4.33. The van der Waals surface area contributed by atoms with Crippen LogP contribution in [0.15, 0.2) is 12.8 Å². The first kappa shape index (κ1) is 10.4. The maximum atomic E-state index is 5.20. The van der Waals surface area contributed by atoms with E-state index in [4.69, 9.17) is 4.74 Å². The predicted molar refractivity (Wildman–Crippen MR) is 64.6 cm³/mol. The van der Waals surface area contributed by atoms with Crippen LogP contribution in [0.3, 0.4) is 0 Å². The average Bonchev–Trinajstić information content (AvgIpc) is 2.54. The summed E-state index contributed by atoms with van der Waals surface area (Å²) in [5.74, 6) is 0. The number of nitrogens with zero attached hydrogens (tertiary/aromatic N) is 4. The molecule has 0 aromatic carbocycles. The van der Waals surface area contributed by atoms with Crippen LogP contribution in [-0.4, -0.2) is 33.0 Å². The molecule has 0 aliphatic carbocycles. The van der Waals surface area contributed by atoms with Crippen molar-refractivity contribution < 1.29 is 4.74 Å². The molecule has 2 aromatic heterocycles. The fraction of sp³-hybridized carbons (Fsp3) is 0.417. The van der Waals surface area contributed by atoms with Gasteiger partial charge < -0.3 is 4.74 Å². The van der Waals surface area contributed by atoms with Gasteiger partial charge in [-0.15, -0.1) is 0 Å². The summed E-state index contributed by atoms with van der Waals surface area (Å²) in [4.78, 5) is 9.00. The SMILES string of the molecule is C=C(C)c1cnc2c(C)nn(C3COC3)c2n1. The number of hydrogen-bond acceptors (Lipinski definition) is 4. The fourth-order valence-electron chi connectivity index (χ4n) is 1.88. The van der Waals surface area contributed by atoms with E-state index >= 15 is 0 Å². The number of ether oxygens (including phenoxy) is 1. The van der Waals surface area contributed by atoms with Gasteiger partial charge >= 0.3 is 0 Å². The fourth-order valence-corrected chi connectivity index (χ4v) is 1.88. The van der Waals surface area contributed by atoms with Crippen LogP contribution in [0.2, 0.25) is 0 Å². The Bertz CT molecular complexity index is 598. The third kappa shape index (κ3) is 1.54. The van der Waals surface area contributed by atoms with Crippen LogP contribution in [0.1, 0.15) is 24.4 Å². The minimum atomic E-state index is 0.292. The zero-order chi connectivity index (χ0) is 12.0. The van der Waals surface area contributed by atoms with Gasteiger partial charge in [0.15, 0.2) is 5.65 Å². The van der Waals surface area contributed by atoms with Crippen molar-refractivity contribution in [3.63, 3.8) is 0 Å². The maximum absolute atomic E-state index is 5.20. The molecule has 17 heavy (non-hydrogen) atoms. The Morgan fingerprint density at radius 3 is 2.88 bits per heavy atom. The van der Waals surface area contributed by atoms with Crippen molar-refractivity contribution in [1.29, 1.82) is 0 Å². The molecular weight excluding hydrogens is 216 g/mol. The van der Waals surface area contributed by atoms with Crippen molar-refractivity contribution in [3.8, 4) is 0 Å². The molecule has 1 aliphatic heterocycles. The minimum absolute atomic E-state index is 0.292. The third-order valence-electron chi connectivity index (χ3n) is 2.98. The maximum Gasteiger partial charge on any atom is 0.178 e. The molecule has 0 radical (unpaired) electrons. The molecule has 1 aliphatic rings. The second-order valence-corrected chi connectivity index (χ2v) is 4.43. The quantitative estimate of drug-likeness (QED) is 0.788. The van der Waals surface area contributed by atoms with Crippen LogP contribution in [0, 0.1) is 6.92 Å². The highest BCUT2D eigenvalue weighted by Gasteiger charge is 2.25. The first-order valence-electron chi connectivity index (χ1n) is 5.62. The van der Waals surface area contributed by atoms with Crippen molar-refractivity contribution in [2.75, 3.05) is 13.2 Å². The van der Waals surface area contributed by atoms with Gasteiger partial charge in [0.05, 0.1) is 30.8 Å². The Balaban J connectivity index is 2.20. The van der Waals surface area contributed by atoms with Gasteiger partial charge in [0.25, 0.3) is 0 Å². The average molecular weight is 230 g/mol. The molecule has 3 rings (SSSR count). The third-order valence-corrected chi connectivity index (χ3v) is 2.98. The summed E-state index contributed by atoms with van der Waals surface area (Å²) in [6, 6.07) is 0.292. The highest BCUT2D eigenvalue weighted by Crippen LogP contribution is 2.23. The van der Waals surface area contributed by atoms with Crippen molar-refractivity contribution in [3.05, 3.63) is 24.2 Å². The molecular formula is C12H14N4O. The van der Waals surface area contributed by atoms with E-state index in [9.17, 15) is 0 Å². The Hall–Kier alpha value is -1.75. The number of hydrogen-bond donors (Lipinski definition) is 0. The normalized spacial score (nSPS) is 16.1. The van der Waals surface area contributed by atoms with Gasteiger partial charge in [0, 0.05) is 0 Å². The molecule has 2 aromatic rings. The van der Waals surface area contributed by atoms with Crippen molar-refractivity contribution in [1.82, 2.24) is 19.7 Å². The lowest BCUT2D eigenvalue weighted by molar-refractivity contribution is -0.0270. The molecule has 3 heterocycles. The van der Waals surface area contributed by atoms with E-state index in [0.29, 0.717) is 19.3 Å². The second kappa shape index (κ2) is 3.63. The van der Waals surface area contributed by atoms with Crippen molar-refractivity contribution in [2.45, 2.75) is 19.9 Å². The van der Waals surface area contributed by atoms with Gasteiger partial charge in [0.1, 0.15) is 11.6 Å². The molecule has 1 fully saturated rings. The molecule has 88 valence electrons. The molecule has 1 saturated heterocycles. The molecule has 5 heteroatoms. The molecule has 0 unspecified atom stereocenters. The van der Waals surface area contributed by atoms with E-state index in [-0.39, 0.29) is 0 Å². The Morgan fingerprint density at radius 2 is 2.29 bits per heavy atom. The Labute approximate surface area is 99.1 Å². The predicted octanol–water partition coefficient (Wildman–Crippen LogP) is 1.74. The van der Waals surface area contributed by atoms with Crippen LogP contribution in [0.25, 0.3) is 16.7 Å². The van der Waals surface area contributed by atoms with Gasteiger partial charge in [-0.3, -0.25) is 0 Å². The smallest absolute Gasteiger partial charge is 0.178 e. The Morgan fingerprint density at radius 1 is 1.53 bits per heavy atom. The highest BCUT2D eigenvalue weighted by atomic mass is 16.5. The van der Waals surface area contributed by atoms with Gasteiger partial charge in [0.2, 0.25) is 0 Å². The van der Waals surface area contributed by atoms with E-state index in [1.165, 1.54) is 0 Å². The minimum Gasteiger partial charge on any atom is -0.377 e. The second-order valence-electron chi connectivity index (χ2n) is 4.43. The van der Waals surface area contributed by atoms with Crippen LogP contribution in [-0.2, 0) is 4.74 Å². The molecule has 0 amide bonds. The van der Waals surface area contributed by atoms with E-state index in [1.807, 2.05) is 18.5 Å². The van der Waals surface area contributed by atoms with Crippen LogP contribution >= 0.6 is 0 Å². The Kier molecular flexibility index (Phi) is 2.22. The zero-order valence-corrected chi connectivity index (χ0v) is 9.97. The number of allylic oxidation sites excluding steroid dienone is 1. The molecule has 0 spiro atoms. The number of aromatic nitrogens is 4. The lowest BCUT2D eigenvalue weighted by Crippen LogP contribution is -2.31. The van der Waals surface area contributed by atoms with Crippen LogP contribution in [0.5, 0.6) is 0 Å². The van der Waals surface area contributed by atoms with Crippen molar-refractivity contribution in [2.24, 2.45) is 0 Å². The summed E-state index contributed by atoms with van der Waals surface area (Å²) in [7, 11) is 0. The zero-order valence-electron chi connectivity index (χ0n) is 9.97. The molecule has 5 nitrogen and oxygen atoms in total. The number of aryl methyl sites for hydroxylation is 1. The summed E-state index contributed by atoms with van der Waals surface area (Å²) < 4.78 is 7.12. The summed E-state index contributed by atoms with van der Waals surface area (Å²) >= 11 is 0. The first-order valence-corrected chi connectivity index (χ1v) is 5.62. The standard InChI is InChI=1S/C12H14N4O/c1-7(2)10-4-13-11-8(3)15-16(12(11)14-10)9-5-17-6-9/h4,9H,1,5-6H2,2-3H3. The van der Waals surface area contributed by atoms with Gasteiger partial charge in [-0.1, -0.05) is 6.58 Å². The first-order chi connectivity index (χ1) is 8.16. The summed E-state index contributed by atoms with van der Waals surface area (Å²) in [6.45, 7) is 9.18. The summed E-state index contributed by atoms with van der Waals surface area (Å²) in [5, 5.41) is 4.49. The van der Waals surface area contributed by atoms with Crippen LogP contribution in [0.4, 0.5) is 0 Å². The van der Waals surface area contributed by atoms with Crippen LogP contribution < -0.4 is 0 Å². The van der Waals surface area contributed by atoms with Gasteiger partial charge in [-0.25, -0.2) is 14.6 Å². The lowest BCUT2D eigenvalue weighted by atomic mass is 10.2. The molecule has 0 N–H and O–H groups in total. The largest absolute Gasteiger partial charge is 0.377 e. The lowest BCUT2D eigenvalue weighted by Gasteiger charge is -2.26. The van der Waals surface area contributed by atoms with E-state index in [1.54, 1.807) is 6.20 Å². The molecule has 0 atom stereocenters. The van der Waals surface area contributed by atoms with E-state index in [0.717, 1.165) is 28.1 Å². The highest BCUT2D eigenvalue weighted by molar-refractivity contribution is 5.75. The topological polar surface area (TPSA) is 52.8 Å². The molecule has 0 saturated carbocycles. The van der Waals surface area contributed by atoms with Crippen molar-refractivity contribution >= 4 is 16.7 Å². The van der Waals surface area contributed by atoms with E-state index in [2.05, 4.69) is 21.6 Å². The number of fused-ring (bicyclic) bond motifs is 1. The number of rotatable bonds is 2. The monoisotopic (exact) mass is 230 g/mol. The van der Waals surface area contributed by atoms with Gasteiger partial charge in [-0.05, 0) is 19.4 Å². The van der Waals surface area contributed by atoms with Gasteiger partial charge in [-0.2, -0.15) is 5.10 Å². The summed E-state index contributed by atoms with van der Waals surface area (Å²) in [6.07, 6.45) is 1.75. The molecule has 0 bridgehead atoms.